The van der Waals surface area contributed by atoms with Crippen LogP contribution in [0, 0.1) is 10.5 Å². The van der Waals surface area contributed by atoms with Crippen LogP contribution in [0.3, 0.4) is 0 Å². The van der Waals surface area contributed by atoms with Crippen LogP contribution in [-0.2, 0) is 0 Å². The number of rotatable bonds is 2. The van der Waals surface area contributed by atoms with Crippen LogP contribution < -0.4 is 5.73 Å². The molecule has 0 bridgehead atoms. The Balaban J connectivity index is 2.42. The number of benzene rings is 1. The fourth-order valence-electron chi connectivity index (χ4n) is 1.54. The summed E-state index contributed by atoms with van der Waals surface area (Å²) in [7, 11) is 0. The van der Waals surface area contributed by atoms with Crippen molar-refractivity contribution in [3.8, 4) is 0 Å². The Morgan fingerprint density at radius 2 is 2.00 bits per heavy atom. The third kappa shape index (κ3) is 2.96. The van der Waals surface area contributed by atoms with Gasteiger partial charge in [-0.15, -0.1) is 11.3 Å². The molecule has 0 fully saturated rings. The predicted octanol–water partition coefficient (Wildman–Crippen LogP) is 5.02. The lowest BCUT2D eigenvalue weighted by Gasteiger charge is -2.12. The molecule has 1 aromatic carbocycles. The van der Waals surface area contributed by atoms with Crippen molar-refractivity contribution >= 4 is 57.1 Å². The van der Waals surface area contributed by atoms with Crippen LogP contribution in [0.15, 0.2) is 24.3 Å². The van der Waals surface area contributed by atoms with Gasteiger partial charge in [-0.1, -0.05) is 23.2 Å². The number of nitrogens with two attached hydrogens (primary N) is 1. The lowest BCUT2D eigenvalue weighted by molar-refractivity contribution is 0.886. The van der Waals surface area contributed by atoms with Crippen molar-refractivity contribution in [1.82, 2.24) is 0 Å². The first kappa shape index (κ1) is 13.6. The second-order valence-electron chi connectivity index (χ2n) is 3.75. The molecule has 1 heterocycles. The first-order valence-corrected chi connectivity index (χ1v) is 7.60. The molecule has 17 heavy (non-hydrogen) atoms. The zero-order valence-corrected chi connectivity index (χ0v) is 13.5. The van der Waals surface area contributed by atoms with E-state index in [0.717, 1.165) is 23.9 Å². The summed E-state index contributed by atoms with van der Waals surface area (Å²) in [6, 6.07) is 7.62. The van der Waals surface area contributed by atoms with Gasteiger partial charge in [0.25, 0.3) is 0 Å². The molecule has 2 aromatic rings. The van der Waals surface area contributed by atoms with Gasteiger partial charge in [0, 0.05) is 13.5 Å². The Hall–Kier alpha value is 0.190. The topological polar surface area (TPSA) is 26.0 Å². The molecule has 0 aliphatic rings. The number of aryl methyl sites for hydroxylation is 1. The predicted molar refractivity (Wildman–Crippen MR) is 84.3 cm³/mol. The monoisotopic (exact) mass is 397 g/mol. The summed E-state index contributed by atoms with van der Waals surface area (Å²) in [5.74, 6) is 0. The minimum atomic E-state index is -0.170. The second-order valence-corrected chi connectivity index (χ2v) is 7.03. The molecule has 0 radical (unpaired) electrons. The first-order chi connectivity index (χ1) is 7.99. The third-order valence-corrected chi connectivity index (χ3v) is 5.33. The fraction of sp³-hybridized carbons (Fsp3) is 0.167. The number of hydrogen-bond acceptors (Lipinski definition) is 2. The summed E-state index contributed by atoms with van der Waals surface area (Å²) in [5.41, 5.74) is 8.36. The van der Waals surface area contributed by atoms with Crippen LogP contribution in [-0.4, -0.2) is 0 Å². The largest absolute Gasteiger partial charge is 0.320 e. The molecule has 0 spiro atoms. The Morgan fingerprint density at radius 3 is 2.59 bits per heavy atom. The van der Waals surface area contributed by atoms with Crippen LogP contribution in [0.25, 0.3) is 0 Å². The van der Waals surface area contributed by atoms with E-state index in [1.807, 2.05) is 31.2 Å². The van der Waals surface area contributed by atoms with E-state index in [0.29, 0.717) is 5.02 Å². The van der Waals surface area contributed by atoms with E-state index in [-0.39, 0.29) is 6.04 Å². The highest BCUT2D eigenvalue weighted by Crippen LogP contribution is 2.34. The van der Waals surface area contributed by atoms with Gasteiger partial charge in [0.2, 0.25) is 0 Å². The molecule has 2 rings (SSSR count). The van der Waals surface area contributed by atoms with Crippen LogP contribution in [0.5, 0.6) is 0 Å². The van der Waals surface area contributed by atoms with Gasteiger partial charge in [0.1, 0.15) is 0 Å². The molecule has 0 amide bonds. The Morgan fingerprint density at radius 1 is 1.29 bits per heavy atom. The van der Waals surface area contributed by atoms with E-state index < -0.39 is 0 Å². The van der Waals surface area contributed by atoms with Gasteiger partial charge >= 0.3 is 0 Å². The summed E-state index contributed by atoms with van der Waals surface area (Å²) >= 11 is 15.9. The molecule has 0 aliphatic carbocycles. The molecule has 1 aromatic heterocycles. The maximum absolute atomic E-state index is 6.26. The SMILES string of the molecule is Cc1cc(C(N)c2cc(Cl)ccc2I)sc1Cl. The molecule has 2 N–H and O–H groups in total. The van der Waals surface area contributed by atoms with Gasteiger partial charge in [-0.05, 0) is 64.9 Å². The van der Waals surface area contributed by atoms with Crippen molar-refractivity contribution in [1.29, 1.82) is 0 Å². The summed E-state index contributed by atoms with van der Waals surface area (Å²) in [4.78, 5) is 1.06. The summed E-state index contributed by atoms with van der Waals surface area (Å²) in [6.07, 6.45) is 0. The van der Waals surface area contributed by atoms with E-state index in [1.165, 1.54) is 11.3 Å². The number of hydrogen-bond donors (Lipinski definition) is 1. The summed E-state index contributed by atoms with van der Waals surface area (Å²) < 4.78 is 1.91. The molecule has 0 saturated heterocycles. The zero-order chi connectivity index (χ0) is 12.6. The van der Waals surface area contributed by atoms with Gasteiger partial charge in [0.05, 0.1) is 10.4 Å². The molecule has 1 nitrogen and oxygen atoms in total. The van der Waals surface area contributed by atoms with Gasteiger partial charge in [0.15, 0.2) is 0 Å². The van der Waals surface area contributed by atoms with Crippen molar-refractivity contribution in [2.75, 3.05) is 0 Å². The van der Waals surface area contributed by atoms with Crippen LogP contribution in [0.4, 0.5) is 0 Å². The molecule has 5 heteroatoms. The molecule has 1 atom stereocenters. The van der Waals surface area contributed by atoms with E-state index in [4.69, 9.17) is 28.9 Å². The third-order valence-electron chi connectivity index (χ3n) is 2.48. The average Bonchev–Trinajstić information content (AvgIpc) is 2.62. The molecule has 0 saturated carbocycles. The second kappa shape index (κ2) is 5.45. The lowest BCUT2D eigenvalue weighted by atomic mass is 10.1. The van der Waals surface area contributed by atoms with E-state index in [9.17, 15) is 0 Å². The molecule has 1 unspecified atom stereocenters. The van der Waals surface area contributed by atoms with Crippen LogP contribution in [0.1, 0.15) is 22.0 Å². The van der Waals surface area contributed by atoms with Gasteiger partial charge in [-0.2, -0.15) is 0 Å². The minimum Gasteiger partial charge on any atom is -0.320 e. The van der Waals surface area contributed by atoms with Crippen molar-refractivity contribution < 1.29 is 0 Å². The average molecular weight is 398 g/mol. The normalized spacial score (nSPS) is 12.8. The molecular weight excluding hydrogens is 388 g/mol. The van der Waals surface area contributed by atoms with E-state index in [2.05, 4.69) is 22.6 Å². The van der Waals surface area contributed by atoms with Crippen LogP contribution >= 0.6 is 57.1 Å². The van der Waals surface area contributed by atoms with Gasteiger partial charge in [-0.3, -0.25) is 0 Å². The smallest absolute Gasteiger partial charge is 0.0961 e. The van der Waals surface area contributed by atoms with Crippen molar-refractivity contribution in [2.45, 2.75) is 13.0 Å². The first-order valence-electron chi connectivity index (χ1n) is 4.95. The maximum atomic E-state index is 6.26. The quantitative estimate of drug-likeness (QED) is 0.707. The Labute approximate surface area is 128 Å². The molecule has 90 valence electrons. The zero-order valence-electron chi connectivity index (χ0n) is 9.01. The summed E-state index contributed by atoms with van der Waals surface area (Å²) in [6.45, 7) is 1.98. The minimum absolute atomic E-state index is 0.170. The Kier molecular flexibility index (Phi) is 4.36. The standard InChI is InChI=1S/C12H10Cl2INS/c1-6-4-10(17-12(6)14)11(16)8-5-7(13)2-3-9(8)15/h2-5,11H,16H2,1H3. The van der Waals surface area contributed by atoms with E-state index >= 15 is 0 Å². The molecular formula is C12H10Cl2INS. The fourth-order valence-corrected chi connectivity index (χ4v) is 3.63. The van der Waals surface area contributed by atoms with E-state index in [1.54, 1.807) is 0 Å². The van der Waals surface area contributed by atoms with Crippen molar-refractivity contribution in [2.24, 2.45) is 5.73 Å². The van der Waals surface area contributed by atoms with Gasteiger partial charge in [-0.25, -0.2) is 0 Å². The number of thiophene rings is 1. The van der Waals surface area contributed by atoms with Crippen LogP contribution in [0.2, 0.25) is 9.36 Å². The molecule has 0 aliphatic heterocycles. The van der Waals surface area contributed by atoms with Gasteiger partial charge < -0.3 is 5.73 Å². The number of halogens is 3. The Bertz CT molecular complexity index is 534. The highest BCUT2D eigenvalue weighted by Gasteiger charge is 2.16. The summed E-state index contributed by atoms with van der Waals surface area (Å²) in [5, 5.41) is 0.704. The highest BCUT2D eigenvalue weighted by atomic mass is 127. The van der Waals surface area contributed by atoms with Crippen molar-refractivity contribution in [3.63, 3.8) is 0 Å². The maximum Gasteiger partial charge on any atom is 0.0961 e. The highest BCUT2D eigenvalue weighted by molar-refractivity contribution is 14.1. The van der Waals surface area contributed by atoms with Crippen molar-refractivity contribution in [3.05, 3.63) is 53.2 Å². The lowest BCUT2D eigenvalue weighted by Crippen LogP contribution is -2.11.